The average Bonchev–Trinajstić information content (AvgIpc) is 2.75. The van der Waals surface area contributed by atoms with Crippen molar-refractivity contribution in [3.05, 3.63) is 58.1 Å². The Hall–Kier alpha value is -1.54. The second-order valence-electron chi connectivity index (χ2n) is 8.33. The van der Waals surface area contributed by atoms with Gasteiger partial charge in [0, 0.05) is 29.2 Å². The Bertz CT molecular complexity index is 826. The van der Waals surface area contributed by atoms with E-state index in [1.54, 1.807) is 18.2 Å². The number of aryl methyl sites for hydroxylation is 1. The molecular weight excluding hydrogens is 451 g/mol. The number of hydrogen-bond acceptors (Lipinski definition) is 6. The number of aliphatic hydroxyl groups excluding tert-OH is 2. The van der Waals surface area contributed by atoms with Crippen LogP contribution in [0.3, 0.4) is 0 Å². The highest BCUT2D eigenvalue weighted by molar-refractivity contribution is 6.34. The number of rotatable bonds is 11. The lowest BCUT2D eigenvalue weighted by molar-refractivity contribution is 0.0556. The first-order chi connectivity index (χ1) is 15.4. The predicted octanol–water partition coefficient (Wildman–Crippen LogP) is 3.54. The zero-order valence-corrected chi connectivity index (χ0v) is 19.9. The van der Waals surface area contributed by atoms with Gasteiger partial charge < -0.3 is 29.9 Å². The highest BCUT2D eigenvalue weighted by atomic mass is 35.5. The van der Waals surface area contributed by atoms with Crippen LogP contribution in [0.5, 0.6) is 11.5 Å². The van der Waals surface area contributed by atoms with Crippen molar-refractivity contribution in [3.63, 3.8) is 0 Å². The van der Waals surface area contributed by atoms with E-state index in [4.69, 9.17) is 32.7 Å². The number of aliphatic hydroxyl groups is 2. The number of likely N-dealkylation sites (tertiary alicyclic amines) is 1. The van der Waals surface area contributed by atoms with Crippen LogP contribution in [-0.4, -0.2) is 72.8 Å². The summed E-state index contributed by atoms with van der Waals surface area (Å²) in [7, 11) is 0. The quantitative estimate of drug-likeness (QED) is 0.454. The molecule has 0 bridgehead atoms. The predicted molar refractivity (Wildman–Crippen MR) is 128 cm³/mol. The first kappa shape index (κ1) is 25.1. The van der Waals surface area contributed by atoms with E-state index in [1.807, 2.05) is 31.2 Å². The zero-order valence-electron chi connectivity index (χ0n) is 18.3. The second-order valence-corrected chi connectivity index (χ2v) is 9.21. The van der Waals surface area contributed by atoms with E-state index in [0.717, 1.165) is 37.2 Å². The summed E-state index contributed by atoms with van der Waals surface area (Å²) in [6, 6.07) is 13.2. The minimum Gasteiger partial charge on any atom is -0.491 e. The third kappa shape index (κ3) is 8.77. The van der Waals surface area contributed by atoms with Crippen LogP contribution in [0.1, 0.15) is 18.4 Å². The van der Waals surface area contributed by atoms with E-state index in [0.29, 0.717) is 34.9 Å². The molecule has 3 N–H and O–H groups in total. The molecular formula is C24H32Cl2N2O4. The van der Waals surface area contributed by atoms with Gasteiger partial charge in [-0.1, -0.05) is 35.3 Å². The van der Waals surface area contributed by atoms with Gasteiger partial charge in [-0.15, -0.1) is 0 Å². The summed E-state index contributed by atoms with van der Waals surface area (Å²) < 4.78 is 11.3. The molecule has 1 fully saturated rings. The lowest BCUT2D eigenvalue weighted by Crippen LogP contribution is -2.47. The molecule has 2 aromatic rings. The van der Waals surface area contributed by atoms with E-state index in [1.165, 1.54) is 0 Å². The maximum Gasteiger partial charge on any atom is 0.122 e. The van der Waals surface area contributed by atoms with Crippen molar-refractivity contribution >= 4 is 23.2 Å². The first-order valence-corrected chi connectivity index (χ1v) is 11.7. The summed E-state index contributed by atoms with van der Waals surface area (Å²) in [6.45, 7) is 5.27. The fraction of sp³-hybridized carbons (Fsp3) is 0.500. The van der Waals surface area contributed by atoms with E-state index in [2.05, 4.69) is 10.2 Å². The van der Waals surface area contributed by atoms with Crippen LogP contribution in [0, 0.1) is 6.92 Å². The molecule has 0 unspecified atom stereocenters. The first-order valence-electron chi connectivity index (χ1n) is 11.0. The van der Waals surface area contributed by atoms with E-state index < -0.39 is 12.2 Å². The third-order valence-electron chi connectivity index (χ3n) is 5.41. The number of nitrogens with one attached hydrogen (secondary N) is 1. The number of hydrogen-bond donors (Lipinski definition) is 3. The van der Waals surface area contributed by atoms with Crippen molar-refractivity contribution < 1.29 is 19.7 Å². The lowest BCUT2D eigenvalue weighted by Gasteiger charge is -2.33. The minimum absolute atomic E-state index is 0.183. The Labute approximate surface area is 200 Å². The van der Waals surface area contributed by atoms with Crippen molar-refractivity contribution in [2.24, 2.45) is 0 Å². The Kier molecular flexibility index (Phi) is 9.91. The number of piperidine rings is 1. The summed E-state index contributed by atoms with van der Waals surface area (Å²) in [6.07, 6.45) is 0.761. The van der Waals surface area contributed by atoms with Crippen LogP contribution in [0.15, 0.2) is 42.5 Å². The topological polar surface area (TPSA) is 74.2 Å². The van der Waals surface area contributed by atoms with Gasteiger partial charge in [-0.25, -0.2) is 0 Å². The summed E-state index contributed by atoms with van der Waals surface area (Å²) in [5.41, 5.74) is 1.13. The van der Waals surface area contributed by atoms with Gasteiger partial charge >= 0.3 is 0 Å². The van der Waals surface area contributed by atoms with Crippen LogP contribution in [0.2, 0.25) is 10.0 Å². The molecule has 1 aliphatic heterocycles. The largest absolute Gasteiger partial charge is 0.491 e. The molecule has 6 nitrogen and oxygen atoms in total. The highest BCUT2D eigenvalue weighted by Crippen LogP contribution is 2.24. The summed E-state index contributed by atoms with van der Waals surface area (Å²) >= 11 is 11.9. The zero-order chi connectivity index (χ0) is 22.9. The van der Waals surface area contributed by atoms with Gasteiger partial charge in [0.2, 0.25) is 0 Å². The van der Waals surface area contributed by atoms with Crippen molar-refractivity contribution in [1.29, 1.82) is 0 Å². The van der Waals surface area contributed by atoms with Crippen LogP contribution >= 0.6 is 23.2 Å². The summed E-state index contributed by atoms with van der Waals surface area (Å²) in [4.78, 5) is 2.23. The van der Waals surface area contributed by atoms with Crippen molar-refractivity contribution in [2.45, 2.75) is 38.0 Å². The molecule has 3 rings (SSSR count). The normalized spacial score (nSPS) is 17.2. The van der Waals surface area contributed by atoms with Crippen LogP contribution < -0.4 is 14.8 Å². The number of nitrogens with zero attached hydrogens (tertiary/aromatic N) is 1. The fourth-order valence-corrected chi connectivity index (χ4v) is 4.24. The molecule has 176 valence electrons. The Balaban J connectivity index is 1.29. The third-order valence-corrected chi connectivity index (χ3v) is 5.85. The SMILES string of the molecule is Cc1cccc(OC[C@@H](O)CNC2CCN(C[C@@H](O)COc3cc(Cl)cc(Cl)c3)CC2)c1. The fourth-order valence-electron chi connectivity index (χ4n) is 3.73. The highest BCUT2D eigenvalue weighted by Gasteiger charge is 2.21. The average molecular weight is 483 g/mol. The van der Waals surface area contributed by atoms with Crippen molar-refractivity contribution in [3.8, 4) is 11.5 Å². The monoisotopic (exact) mass is 482 g/mol. The number of β-amino-alcohol motifs (C(OH)–C–C–N with tert-alkyl or cyclic N) is 1. The molecule has 0 saturated carbocycles. The molecule has 2 atom stereocenters. The Morgan fingerprint density at radius 3 is 2.31 bits per heavy atom. The minimum atomic E-state index is -0.599. The van der Waals surface area contributed by atoms with Crippen molar-refractivity contribution in [2.75, 3.05) is 39.4 Å². The summed E-state index contributed by atoms with van der Waals surface area (Å²) in [5, 5.41) is 25.0. The smallest absolute Gasteiger partial charge is 0.122 e. The molecule has 0 aliphatic carbocycles. The van der Waals surface area contributed by atoms with Gasteiger partial charge in [0.15, 0.2) is 0 Å². The molecule has 2 aromatic carbocycles. The van der Waals surface area contributed by atoms with Crippen LogP contribution in [0.25, 0.3) is 0 Å². The number of ether oxygens (including phenoxy) is 2. The molecule has 0 amide bonds. The molecule has 8 heteroatoms. The molecule has 1 heterocycles. The molecule has 1 saturated heterocycles. The maximum atomic E-state index is 10.3. The van der Waals surface area contributed by atoms with Gasteiger partial charge in [-0.3, -0.25) is 0 Å². The van der Waals surface area contributed by atoms with Crippen LogP contribution in [-0.2, 0) is 0 Å². The van der Waals surface area contributed by atoms with Gasteiger partial charge in [-0.2, -0.15) is 0 Å². The standard InChI is InChI=1S/C24H32Cl2N2O4/c1-17-3-2-4-23(9-17)31-15-21(29)13-27-20-5-7-28(8-6-20)14-22(30)16-32-24-11-18(25)10-19(26)12-24/h2-4,9-12,20-22,27,29-30H,5-8,13-16H2,1H3/t21-,22+/m0/s1. The Morgan fingerprint density at radius 1 is 0.969 bits per heavy atom. The van der Waals surface area contributed by atoms with E-state index in [9.17, 15) is 10.2 Å². The summed E-state index contributed by atoms with van der Waals surface area (Å²) in [5.74, 6) is 1.33. The van der Waals surface area contributed by atoms with Crippen LogP contribution in [0.4, 0.5) is 0 Å². The van der Waals surface area contributed by atoms with Gasteiger partial charge in [0.25, 0.3) is 0 Å². The molecule has 1 aliphatic rings. The number of halogens is 2. The van der Waals surface area contributed by atoms with Gasteiger partial charge in [0.05, 0.1) is 0 Å². The van der Waals surface area contributed by atoms with E-state index >= 15 is 0 Å². The number of benzene rings is 2. The Morgan fingerprint density at radius 2 is 1.62 bits per heavy atom. The maximum absolute atomic E-state index is 10.3. The van der Waals surface area contributed by atoms with E-state index in [-0.39, 0.29) is 13.2 Å². The molecule has 32 heavy (non-hydrogen) atoms. The molecule has 0 spiro atoms. The molecule has 0 aromatic heterocycles. The second kappa shape index (κ2) is 12.6. The van der Waals surface area contributed by atoms with Gasteiger partial charge in [0.1, 0.15) is 36.9 Å². The lowest BCUT2D eigenvalue weighted by atomic mass is 10.0. The van der Waals surface area contributed by atoms with Crippen molar-refractivity contribution in [1.82, 2.24) is 10.2 Å². The molecule has 0 radical (unpaired) electrons. The van der Waals surface area contributed by atoms with Gasteiger partial charge in [-0.05, 0) is 68.8 Å².